The molecule has 0 radical (unpaired) electrons. The minimum absolute atomic E-state index is 0.0529. The Kier molecular flexibility index (Phi) is 5.55. The Labute approximate surface area is 171 Å². The maximum Gasteiger partial charge on any atom is 0.230 e. The van der Waals surface area contributed by atoms with E-state index in [1.54, 1.807) is 16.9 Å². The first-order valence-corrected chi connectivity index (χ1v) is 9.95. The third-order valence-corrected chi connectivity index (χ3v) is 5.29. The van der Waals surface area contributed by atoms with Crippen molar-refractivity contribution in [1.29, 1.82) is 0 Å². The summed E-state index contributed by atoms with van der Waals surface area (Å²) in [6.07, 6.45) is 3.19. The van der Waals surface area contributed by atoms with E-state index in [1.165, 1.54) is 18.1 Å². The van der Waals surface area contributed by atoms with Gasteiger partial charge >= 0.3 is 0 Å². The lowest BCUT2D eigenvalue weighted by Gasteiger charge is -2.06. The van der Waals surface area contributed by atoms with E-state index in [-0.39, 0.29) is 11.7 Å². The van der Waals surface area contributed by atoms with Crippen LogP contribution in [0.25, 0.3) is 16.7 Å². The first-order valence-electron chi connectivity index (χ1n) is 8.59. The van der Waals surface area contributed by atoms with Gasteiger partial charge in [0.15, 0.2) is 5.65 Å². The number of rotatable bonds is 6. The lowest BCUT2D eigenvalue weighted by Crippen LogP contribution is -2.24. The molecule has 0 aliphatic heterocycles. The van der Waals surface area contributed by atoms with E-state index in [0.717, 1.165) is 16.6 Å². The molecule has 0 atom stereocenters. The largest absolute Gasteiger partial charge is 0.351 e. The maximum absolute atomic E-state index is 12.2. The van der Waals surface area contributed by atoms with Gasteiger partial charge in [0.25, 0.3) is 0 Å². The first-order chi connectivity index (χ1) is 13.7. The van der Waals surface area contributed by atoms with Gasteiger partial charge in [-0.1, -0.05) is 59.8 Å². The average Bonchev–Trinajstić information content (AvgIpc) is 3.16. The highest BCUT2D eigenvalue weighted by Crippen LogP contribution is 2.26. The molecule has 1 amide bonds. The zero-order chi connectivity index (χ0) is 19.3. The van der Waals surface area contributed by atoms with Crippen molar-refractivity contribution in [2.24, 2.45) is 0 Å². The molecule has 4 rings (SSSR count). The van der Waals surface area contributed by atoms with Crippen molar-refractivity contribution in [2.75, 3.05) is 5.75 Å². The Morgan fingerprint density at radius 1 is 1.11 bits per heavy atom. The Balaban J connectivity index is 1.46. The van der Waals surface area contributed by atoms with E-state index in [4.69, 9.17) is 11.6 Å². The number of amides is 1. The van der Waals surface area contributed by atoms with Crippen LogP contribution in [-0.2, 0) is 11.3 Å². The highest BCUT2D eigenvalue weighted by Gasteiger charge is 2.13. The molecule has 0 unspecified atom stereocenters. The Morgan fingerprint density at radius 3 is 2.79 bits per heavy atom. The van der Waals surface area contributed by atoms with Crippen LogP contribution in [-0.4, -0.2) is 31.4 Å². The summed E-state index contributed by atoms with van der Waals surface area (Å²) in [5, 5.41) is 9.46. The van der Waals surface area contributed by atoms with Gasteiger partial charge in [0.05, 0.1) is 23.0 Å². The number of halogens is 1. The monoisotopic (exact) mass is 409 g/mol. The van der Waals surface area contributed by atoms with Crippen molar-refractivity contribution < 1.29 is 4.79 Å². The normalized spacial score (nSPS) is 10.9. The van der Waals surface area contributed by atoms with Crippen LogP contribution in [0.3, 0.4) is 0 Å². The van der Waals surface area contributed by atoms with Gasteiger partial charge in [-0.2, -0.15) is 5.10 Å². The molecule has 2 aromatic heterocycles. The Hall–Kier alpha value is -2.90. The van der Waals surface area contributed by atoms with Crippen LogP contribution >= 0.6 is 23.4 Å². The highest BCUT2D eigenvalue weighted by atomic mass is 35.5. The van der Waals surface area contributed by atoms with Crippen molar-refractivity contribution in [3.8, 4) is 5.69 Å². The molecule has 0 fully saturated rings. The number of aromatic nitrogens is 4. The third kappa shape index (κ3) is 4.16. The Bertz CT molecular complexity index is 1120. The van der Waals surface area contributed by atoms with Crippen LogP contribution in [0.2, 0.25) is 5.02 Å². The van der Waals surface area contributed by atoms with Gasteiger partial charge in [0.2, 0.25) is 5.91 Å². The fourth-order valence-corrected chi connectivity index (χ4v) is 3.69. The molecule has 1 N–H and O–H groups in total. The van der Waals surface area contributed by atoms with Gasteiger partial charge in [-0.05, 0) is 23.8 Å². The topological polar surface area (TPSA) is 72.7 Å². The average molecular weight is 410 g/mol. The van der Waals surface area contributed by atoms with Crippen molar-refractivity contribution >= 4 is 40.3 Å². The second-order valence-electron chi connectivity index (χ2n) is 6.00. The lowest BCUT2D eigenvalue weighted by molar-refractivity contribution is -0.118. The SMILES string of the molecule is O=C(CSc1ncnc2c1cnn2-c1cccc(Cl)c1)NCc1ccccc1. The summed E-state index contributed by atoms with van der Waals surface area (Å²) in [5.41, 5.74) is 2.55. The quantitative estimate of drug-likeness (QED) is 0.386. The summed E-state index contributed by atoms with van der Waals surface area (Å²) < 4.78 is 1.71. The summed E-state index contributed by atoms with van der Waals surface area (Å²) in [6, 6.07) is 17.2. The molecule has 28 heavy (non-hydrogen) atoms. The van der Waals surface area contributed by atoms with Gasteiger partial charge in [0.1, 0.15) is 11.4 Å². The second kappa shape index (κ2) is 8.41. The Morgan fingerprint density at radius 2 is 1.96 bits per heavy atom. The van der Waals surface area contributed by atoms with Crippen LogP contribution in [0.4, 0.5) is 0 Å². The number of carbonyl (C=O) groups is 1. The van der Waals surface area contributed by atoms with Crippen LogP contribution in [0.1, 0.15) is 5.56 Å². The van der Waals surface area contributed by atoms with Crippen LogP contribution in [0.5, 0.6) is 0 Å². The molecule has 2 heterocycles. The predicted molar refractivity (Wildman–Crippen MR) is 111 cm³/mol. The zero-order valence-electron chi connectivity index (χ0n) is 14.7. The number of hydrogen-bond acceptors (Lipinski definition) is 5. The minimum Gasteiger partial charge on any atom is -0.351 e. The molecular weight excluding hydrogens is 394 g/mol. The number of thioether (sulfide) groups is 1. The molecule has 4 aromatic rings. The molecule has 140 valence electrons. The van der Waals surface area contributed by atoms with Crippen molar-refractivity contribution in [1.82, 2.24) is 25.1 Å². The fourth-order valence-electron chi connectivity index (χ4n) is 2.72. The van der Waals surface area contributed by atoms with E-state index in [2.05, 4.69) is 20.4 Å². The third-order valence-electron chi connectivity index (χ3n) is 4.05. The second-order valence-corrected chi connectivity index (χ2v) is 7.40. The molecule has 6 nitrogen and oxygen atoms in total. The van der Waals surface area contributed by atoms with Gasteiger partial charge in [0, 0.05) is 11.6 Å². The van der Waals surface area contributed by atoms with Gasteiger partial charge < -0.3 is 5.32 Å². The number of fused-ring (bicyclic) bond motifs is 1. The minimum atomic E-state index is -0.0529. The van der Waals surface area contributed by atoms with Crippen LogP contribution in [0, 0.1) is 0 Å². The van der Waals surface area contributed by atoms with E-state index in [9.17, 15) is 4.79 Å². The molecule has 2 aromatic carbocycles. The summed E-state index contributed by atoms with van der Waals surface area (Å²) in [7, 11) is 0. The number of hydrogen-bond donors (Lipinski definition) is 1. The number of nitrogens with one attached hydrogen (secondary N) is 1. The van der Waals surface area contributed by atoms with Gasteiger partial charge in [-0.3, -0.25) is 4.79 Å². The first kappa shape index (κ1) is 18.5. The zero-order valence-corrected chi connectivity index (χ0v) is 16.3. The molecular formula is C20H16ClN5OS. The maximum atomic E-state index is 12.2. The smallest absolute Gasteiger partial charge is 0.230 e. The van der Waals surface area contributed by atoms with Crippen LogP contribution < -0.4 is 5.32 Å². The van der Waals surface area contributed by atoms with Crippen molar-refractivity contribution in [2.45, 2.75) is 11.6 Å². The summed E-state index contributed by atoms with van der Waals surface area (Å²) in [6.45, 7) is 0.506. The predicted octanol–water partition coefficient (Wildman–Crippen LogP) is 3.88. The molecule has 0 spiro atoms. The number of carbonyl (C=O) groups excluding carboxylic acids is 1. The lowest BCUT2D eigenvalue weighted by atomic mass is 10.2. The fraction of sp³-hybridized carbons (Fsp3) is 0.100. The van der Waals surface area contributed by atoms with E-state index in [1.807, 2.05) is 48.5 Å². The van der Waals surface area contributed by atoms with Crippen molar-refractivity contribution in [3.05, 3.63) is 77.7 Å². The molecule has 8 heteroatoms. The van der Waals surface area contributed by atoms with E-state index in [0.29, 0.717) is 22.2 Å². The van der Waals surface area contributed by atoms with Gasteiger partial charge in [-0.25, -0.2) is 14.6 Å². The number of benzene rings is 2. The van der Waals surface area contributed by atoms with Gasteiger partial charge in [-0.15, -0.1) is 0 Å². The molecule has 0 saturated heterocycles. The van der Waals surface area contributed by atoms with Crippen LogP contribution in [0.15, 0.2) is 72.1 Å². The molecule has 0 aliphatic carbocycles. The summed E-state index contributed by atoms with van der Waals surface area (Å²) in [4.78, 5) is 20.8. The summed E-state index contributed by atoms with van der Waals surface area (Å²) in [5.74, 6) is 0.212. The molecule has 0 aliphatic rings. The van der Waals surface area contributed by atoms with Crippen molar-refractivity contribution in [3.63, 3.8) is 0 Å². The summed E-state index contributed by atoms with van der Waals surface area (Å²) >= 11 is 7.44. The van der Waals surface area contributed by atoms with E-state index < -0.39 is 0 Å². The highest BCUT2D eigenvalue weighted by molar-refractivity contribution is 8.00. The van der Waals surface area contributed by atoms with E-state index >= 15 is 0 Å². The number of nitrogens with zero attached hydrogens (tertiary/aromatic N) is 4. The molecule has 0 saturated carbocycles. The molecule has 0 bridgehead atoms. The standard InChI is InChI=1S/C20H16ClN5OS/c21-15-7-4-8-16(9-15)26-19-17(11-25-26)20(24-13-23-19)28-12-18(27)22-10-14-5-2-1-3-6-14/h1-9,11,13H,10,12H2,(H,22,27).